The lowest BCUT2D eigenvalue weighted by atomic mass is 10.0. The second-order valence-corrected chi connectivity index (χ2v) is 4.16. The molecule has 0 amide bonds. The van der Waals surface area contributed by atoms with Gasteiger partial charge < -0.3 is 15.2 Å². The van der Waals surface area contributed by atoms with Crippen molar-refractivity contribution in [1.82, 2.24) is 0 Å². The SMILES string of the molecule is Cc1ccc(N)c(-c2ccc3c(c2)OCO3)c1. The minimum absolute atomic E-state index is 0.294. The van der Waals surface area contributed by atoms with E-state index < -0.39 is 0 Å². The number of nitrogens with two attached hydrogens (primary N) is 1. The fourth-order valence-electron chi connectivity index (χ4n) is 1.98. The third-order valence-corrected chi connectivity index (χ3v) is 2.89. The first-order valence-corrected chi connectivity index (χ1v) is 5.50. The summed E-state index contributed by atoms with van der Waals surface area (Å²) < 4.78 is 10.7. The van der Waals surface area contributed by atoms with Gasteiger partial charge in [0, 0.05) is 11.3 Å². The van der Waals surface area contributed by atoms with Crippen LogP contribution in [0, 0.1) is 6.92 Å². The van der Waals surface area contributed by atoms with E-state index in [1.54, 1.807) is 0 Å². The Bertz CT molecular complexity index is 578. The molecule has 0 atom stereocenters. The molecule has 2 N–H and O–H groups in total. The molecule has 1 aliphatic heterocycles. The minimum Gasteiger partial charge on any atom is -0.454 e. The summed E-state index contributed by atoms with van der Waals surface area (Å²) in [4.78, 5) is 0. The molecule has 17 heavy (non-hydrogen) atoms. The Morgan fingerprint density at radius 1 is 1.00 bits per heavy atom. The molecule has 3 nitrogen and oxygen atoms in total. The maximum atomic E-state index is 5.99. The number of benzene rings is 2. The van der Waals surface area contributed by atoms with Gasteiger partial charge >= 0.3 is 0 Å². The van der Waals surface area contributed by atoms with Crippen molar-refractivity contribution in [3.8, 4) is 22.6 Å². The van der Waals surface area contributed by atoms with Crippen molar-refractivity contribution in [3.63, 3.8) is 0 Å². The number of ether oxygens (including phenoxy) is 2. The second-order valence-electron chi connectivity index (χ2n) is 4.16. The lowest BCUT2D eigenvalue weighted by Gasteiger charge is -2.08. The van der Waals surface area contributed by atoms with Crippen LogP contribution in [0.15, 0.2) is 36.4 Å². The van der Waals surface area contributed by atoms with E-state index in [-0.39, 0.29) is 0 Å². The van der Waals surface area contributed by atoms with Crippen molar-refractivity contribution in [3.05, 3.63) is 42.0 Å². The van der Waals surface area contributed by atoms with Gasteiger partial charge in [0.1, 0.15) is 0 Å². The van der Waals surface area contributed by atoms with Crippen LogP contribution in [0.25, 0.3) is 11.1 Å². The Kier molecular flexibility index (Phi) is 2.18. The molecule has 0 saturated heterocycles. The van der Waals surface area contributed by atoms with Gasteiger partial charge in [0.25, 0.3) is 0 Å². The molecular weight excluding hydrogens is 214 g/mol. The van der Waals surface area contributed by atoms with Crippen molar-refractivity contribution in [2.45, 2.75) is 6.92 Å². The third kappa shape index (κ3) is 1.69. The van der Waals surface area contributed by atoms with Gasteiger partial charge in [-0.05, 0) is 36.8 Å². The summed E-state index contributed by atoms with van der Waals surface area (Å²) in [5.74, 6) is 1.57. The summed E-state index contributed by atoms with van der Waals surface area (Å²) in [6.07, 6.45) is 0. The molecule has 0 fully saturated rings. The van der Waals surface area contributed by atoms with Crippen LogP contribution in [0.5, 0.6) is 11.5 Å². The van der Waals surface area contributed by atoms with Gasteiger partial charge in [-0.3, -0.25) is 0 Å². The normalized spacial score (nSPS) is 12.8. The van der Waals surface area contributed by atoms with Crippen LogP contribution in [0.1, 0.15) is 5.56 Å². The van der Waals surface area contributed by atoms with E-state index >= 15 is 0 Å². The summed E-state index contributed by atoms with van der Waals surface area (Å²) in [6.45, 7) is 2.35. The van der Waals surface area contributed by atoms with Gasteiger partial charge in [-0.25, -0.2) is 0 Å². The van der Waals surface area contributed by atoms with Crippen LogP contribution in [-0.2, 0) is 0 Å². The maximum Gasteiger partial charge on any atom is 0.231 e. The zero-order valence-electron chi connectivity index (χ0n) is 9.57. The number of fused-ring (bicyclic) bond motifs is 1. The van der Waals surface area contributed by atoms with Crippen molar-refractivity contribution in [1.29, 1.82) is 0 Å². The molecule has 3 rings (SSSR count). The Morgan fingerprint density at radius 3 is 2.71 bits per heavy atom. The summed E-state index contributed by atoms with van der Waals surface area (Å²) in [5, 5.41) is 0. The van der Waals surface area contributed by atoms with Crippen molar-refractivity contribution < 1.29 is 9.47 Å². The van der Waals surface area contributed by atoms with E-state index in [1.165, 1.54) is 5.56 Å². The summed E-state index contributed by atoms with van der Waals surface area (Å²) >= 11 is 0. The molecular formula is C14H13NO2. The lowest BCUT2D eigenvalue weighted by molar-refractivity contribution is 0.174. The third-order valence-electron chi connectivity index (χ3n) is 2.89. The van der Waals surface area contributed by atoms with Gasteiger partial charge in [-0.2, -0.15) is 0 Å². The predicted octanol–water partition coefficient (Wildman–Crippen LogP) is 2.97. The summed E-state index contributed by atoms with van der Waals surface area (Å²) in [5.41, 5.74) is 10.0. The molecule has 0 aliphatic carbocycles. The number of nitrogen functional groups attached to an aromatic ring is 1. The van der Waals surface area contributed by atoms with E-state index in [0.717, 1.165) is 28.3 Å². The fraction of sp³-hybridized carbons (Fsp3) is 0.143. The van der Waals surface area contributed by atoms with Crippen LogP contribution in [0.2, 0.25) is 0 Å². The number of rotatable bonds is 1. The molecule has 2 aromatic carbocycles. The van der Waals surface area contributed by atoms with Gasteiger partial charge in [-0.1, -0.05) is 17.7 Å². The molecule has 0 radical (unpaired) electrons. The topological polar surface area (TPSA) is 44.5 Å². The highest BCUT2D eigenvalue weighted by Crippen LogP contribution is 2.37. The second kappa shape index (κ2) is 3.70. The Morgan fingerprint density at radius 2 is 1.82 bits per heavy atom. The van der Waals surface area contributed by atoms with E-state index in [2.05, 4.69) is 13.0 Å². The molecule has 86 valence electrons. The number of hydrogen-bond acceptors (Lipinski definition) is 3. The summed E-state index contributed by atoms with van der Waals surface area (Å²) in [7, 11) is 0. The van der Waals surface area contributed by atoms with E-state index in [0.29, 0.717) is 6.79 Å². The molecule has 0 saturated carbocycles. The van der Waals surface area contributed by atoms with E-state index in [4.69, 9.17) is 15.2 Å². The lowest BCUT2D eigenvalue weighted by Crippen LogP contribution is -1.93. The first-order valence-electron chi connectivity index (χ1n) is 5.50. The van der Waals surface area contributed by atoms with Crippen LogP contribution in [0.3, 0.4) is 0 Å². The largest absolute Gasteiger partial charge is 0.454 e. The molecule has 0 unspecified atom stereocenters. The van der Waals surface area contributed by atoms with Crippen LogP contribution in [-0.4, -0.2) is 6.79 Å². The van der Waals surface area contributed by atoms with Gasteiger partial charge in [0.05, 0.1) is 0 Å². The molecule has 2 aromatic rings. The molecule has 1 aliphatic rings. The smallest absolute Gasteiger partial charge is 0.231 e. The zero-order valence-corrected chi connectivity index (χ0v) is 9.57. The van der Waals surface area contributed by atoms with Gasteiger partial charge in [0.15, 0.2) is 11.5 Å². The van der Waals surface area contributed by atoms with Crippen LogP contribution < -0.4 is 15.2 Å². The molecule has 1 heterocycles. The molecule has 0 bridgehead atoms. The van der Waals surface area contributed by atoms with Crippen LogP contribution in [0.4, 0.5) is 5.69 Å². The first-order chi connectivity index (χ1) is 8.24. The fourth-order valence-corrected chi connectivity index (χ4v) is 1.98. The van der Waals surface area contributed by atoms with Gasteiger partial charge in [-0.15, -0.1) is 0 Å². The van der Waals surface area contributed by atoms with Crippen molar-refractivity contribution in [2.75, 3.05) is 12.5 Å². The van der Waals surface area contributed by atoms with E-state index in [1.807, 2.05) is 30.3 Å². The van der Waals surface area contributed by atoms with Gasteiger partial charge in [0.2, 0.25) is 6.79 Å². The Balaban J connectivity index is 2.12. The average molecular weight is 227 g/mol. The quantitative estimate of drug-likeness (QED) is 0.762. The standard InChI is InChI=1S/C14H13NO2/c1-9-2-4-12(15)11(6-9)10-3-5-13-14(7-10)17-8-16-13/h2-7H,8,15H2,1H3. The zero-order chi connectivity index (χ0) is 11.8. The maximum absolute atomic E-state index is 5.99. The molecule has 3 heteroatoms. The highest BCUT2D eigenvalue weighted by atomic mass is 16.7. The Hall–Kier alpha value is -2.16. The number of anilines is 1. The monoisotopic (exact) mass is 227 g/mol. The molecule has 0 spiro atoms. The van der Waals surface area contributed by atoms with Crippen molar-refractivity contribution in [2.24, 2.45) is 0 Å². The number of aryl methyl sites for hydroxylation is 1. The minimum atomic E-state index is 0.294. The van der Waals surface area contributed by atoms with Crippen LogP contribution >= 0.6 is 0 Å². The number of hydrogen-bond donors (Lipinski definition) is 1. The van der Waals surface area contributed by atoms with Crippen molar-refractivity contribution >= 4 is 5.69 Å². The average Bonchev–Trinajstić information content (AvgIpc) is 2.79. The van der Waals surface area contributed by atoms with E-state index in [9.17, 15) is 0 Å². The molecule has 0 aromatic heterocycles. The first kappa shape index (κ1) is 10.0. The predicted molar refractivity (Wildman–Crippen MR) is 67.2 cm³/mol. The highest BCUT2D eigenvalue weighted by Gasteiger charge is 2.14. The Labute approximate surface area is 99.8 Å². The summed E-state index contributed by atoms with van der Waals surface area (Å²) in [6, 6.07) is 11.9. The highest BCUT2D eigenvalue weighted by molar-refractivity contribution is 5.78.